The molecule has 0 radical (unpaired) electrons. The fourth-order valence-electron chi connectivity index (χ4n) is 2.76. The van der Waals surface area contributed by atoms with Crippen molar-refractivity contribution in [2.45, 2.75) is 18.8 Å². The molecule has 0 saturated heterocycles. The third-order valence-corrected chi connectivity index (χ3v) is 3.80. The van der Waals surface area contributed by atoms with Crippen molar-refractivity contribution < 1.29 is 9.90 Å². The van der Waals surface area contributed by atoms with Gasteiger partial charge in [0.2, 0.25) is 0 Å². The summed E-state index contributed by atoms with van der Waals surface area (Å²) in [6, 6.07) is 1.85. The van der Waals surface area contributed by atoms with Gasteiger partial charge in [0.25, 0.3) is 0 Å². The predicted octanol–water partition coefficient (Wildman–Crippen LogP) is 2.10. The van der Waals surface area contributed by atoms with Crippen LogP contribution in [0.25, 0.3) is 11.0 Å². The smallest absolute Gasteiger partial charge is 0.307 e. The minimum atomic E-state index is -0.750. The molecule has 19 heavy (non-hydrogen) atoms. The number of aromatic nitrogens is 3. The number of hydrogen-bond acceptors (Lipinski definition) is 3. The number of aryl methyl sites for hydroxylation is 1. The van der Waals surface area contributed by atoms with Crippen LogP contribution in [0.5, 0.6) is 0 Å². The van der Waals surface area contributed by atoms with Crippen molar-refractivity contribution in [2.75, 3.05) is 0 Å². The molecular weight excluding hydrogens is 242 g/mol. The predicted molar refractivity (Wildman–Crippen MR) is 70.7 cm³/mol. The third kappa shape index (κ3) is 1.91. The molecule has 5 heteroatoms. The molecule has 2 aromatic heterocycles. The molecule has 0 aromatic carbocycles. The van der Waals surface area contributed by atoms with Crippen LogP contribution in [0.2, 0.25) is 0 Å². The summed E-state index contributed by atoms with van der Waals surface area (Å²) in [5.41, 5.74) is 1.81. The maximum Gasteiger partial charge on any atom is 0.307 e. The van der Waals surface area contributed by atoms with Gasteiger partial charge in [-0.05, 0) is 18.9 Å². The van der Waals surface area contributed by atoms with Crippen molar-refractivity contribution in [3.8, 4) is 0 Å². The molecule has 0 unspecified atom stereocenters. The molecule has 2 heterocycles. The van der Waals surface area contributed by atoms with Crippen LogP contribution < -0.4 is 0 Å². The fraction of sp³-hybridized carbons (Fsp3) is 0.357. The molecule has 0 aliphatic heterocycles. The van der Waals surface area contributed by atoms with Crippen LogP contribution in [0.4, 0.5) is 0 Å². The van der Waals surface area contributed by atoms with Gasteiger partial charge in [-0.1, -0.05) is 12.2 Å². The Kier molecular flexibility index (Phi) is 2.81. The first-order valence-electron chi connectivity index (χ1n) is 6.32. The number of carboxylic acids is 1. The average Bonchev–Trinajstić information content (AvgIpc) is 2.76. The topological polar surface area (TPSA) is 68.0 Å². The Labute approximate surface area is 110 Å². The number of nitrogens with zero attached hydrogens (tertiary/aromatic N) is 3. The van der Waals surface area contributed by atoms with E-state index in [1.165, 1.54) is 0 Å². The van der Waals surface area contributed by atoms with Crippen molar-refractivity contribution >= 4 is 17.0 Å². The highest BCUT2D eigenvalue weighted by Crippen LogP contribution is 2.35. The molecule has 1 aliphatic carbocycles. The number of allylic oxidation sites excluding steroid dienone is 2. The van der Waals surface area contributed by atoms with Crippen molar-refractivity contribution in [3.05, 3.63) is 36.4 Å². The Morgan fingerprint density at radius 3 is 2.95 bits per heavy atom. The van der Waals surface area contributed by atoms with Gasteiger partial charge in [-0.25, -0.2) is 4.98 Å². The van der Waals surface area contributed by atoms with E-state index >= 15 is 0 Å². The van der Waals surface area contributed by atoms with Gasteiger partial charge < -0.3 is 9.67 Å². The van der Waals surface area contributed by atoms with Crippen LogP contribution in [0, 0.1) is 5.92 Å². The van der Waals surface area contributed by atoms with Gasteiger partial charge in [0.1, 0.15) is 5.82 Å². The van der Waals surface area contributed by atoms with E-state index < -0.39 is 11.9 Å². The number of fused-ring (bicyclic) bond motifs is 1. The molecule has 2 aromatic rings. The largest absolute Gasteiger partial charge is 0.481 e. The van der Waals surface area contributed by atoms with E-state index in [9.17, 15) is 9.90 Å². The zero-order valence-electron chi connectivity index (χ0n) is 10.7. The maximum absolute atomic E-state index is 11.4. The number of carboxylic acid groups (broad SMARTS) is 1. The highest BCUT2D eigenvalue weighted by molar-refractivity contribution is 5.76. The molecule has 2 atom stereocenters. The molecule has 0 spiro atoms. The van der Waals surface area contributed by atoms with Crippen LogP contribution >= 0.6 is 0 Å². The molecule has 0 fully saturated rings. The quantitative estimate of drug-likeness (QED) is 0.836. The lowest BCUT2D eigenvalue weighted by Gasteiger charge is -2.24. The first-order chi connectivity index (χ1) is 9.18. The molecule has 1 N–H and O–H groups in total. The number of imidazole rings is 1. The Hall–Kier alpha value is -2.17. The van der Waals surface area contributed by atoms with E-state index in [2.05, 4.69) is 9.97 Å². The summed E-state index contributed by atoms with van der Waals surface area (Å²) in [4.78, 5) is 20.1. The fourth-order valence-corrected chi connectivity index (χ4v) is 2.76. The Balaban J connectivity index is 2.10. The van der Waals surface area contributed by atoms with Gasteiger partial charge in [0, 0.05) is 19.2 Å². The van der Waals surface area contributed by atoms with Gasteiger partial charge >= 0.3 is 5.97 Å². The summed E-state index contributed by atoms with van der Waals surface area (Å²) in [6.45, 7) is 0. The normalized spacial score (nSPS) is 22.8. The third-order valence-electron chi connectivity index (χ3n) is 3.80. The monoisotopic (exact) mass is 257 g/mol. The second-order valence-corrected chi connectivity index (χ2v) is 4.89. The Morgan fingerprint density at radius 1 is 1.42 bits per heavy atom. The number of hydrogen-bond donors (Lipinski definition) is 1. The van der Waals surface area contributed by atoms with E-state index in [1.807, 2.05) is 29.8 Å². The Bertz CT molecular complexity index is 660. The highest BCUT2D eigenvalue weighted by Gasteiger charge is 2.32. The summed E-state index contributed by atoms with van der Waals surface area (Å²) in [7, 11) is 1.92. The van der Waals surface area contributed by atoms with Gasteiger partial charge in [-0.3, -0.25) is 9.78 Å². The van der Waals surface area contributed by atoms with Crippen molar-refractivity contribution in [2.24, 2.45) is 13.0 Å². The SMILES string of the molecule is Cn1c([C@@H]2CC=CC[C@@H]2C(=O)O)nc2ccncc21. The molecule has 0 saturated carbocycles. The summed E-state index contributed by atoms with van der Waals surface area (Å²) in [5, 5.41) is 9.35. The van der Waals surface area contributed by atoms with E-state index in [-0.39, 0.29) is 5.92 Å². The van der Waals surface area contributed by atoms with E-state index in [1.54, 1.807) is 12.4 Å². The molecule has 5 nitrogen and oxygen atoms in total. The second-order valence-electron chi connectivity index (χ2n) is 4.89. The van der Waals surface area contributed by atoms with E-state index in [0.29, 0.717) is 6.42 Å². The molecule has 0 amide bonds. The standard InChI is InChI=1S/C14H15N3O2/c1-17-12-8-15-7-6-11(12)16-13(17)9-4-2-3-5-10(9)14(18)19/h2-3,6-10H,4-5H2,1H3,(H,18,19)/t9-,10+/m1/s1. The molecular formula is C14H15N3O2. The maximum atomic E-state index is 11.4. The molecule has 3 rings (SSSR count). The van der Waals surface area contributed by atoms with E-state index in [0.717, 1.165) is 23.3 Å². The van der Waals surface area contributed by atoms with Crippen LogP contribution in [-0.2, 0) is 11.8 Å². The van der Waals surface area contributed by atoms with Gasteiger partial charge in [0.15, 0.2) is 0 Å². The van der Waals surface area contributed by atoms with Crippen molar-refractivity contribution in [1.82, 2.24) is 14.5 Å². The van der Waals surface area contributed by atoms with E-state index in [4.69, 9.17) is 0 Å². The summed E-state index contributed by atoms with van der Waals surface area (Å²) < 4.78 is 1.96. The summed E-state index contributed by atoms with van der Waals surface area (Å²) >= 11 is 0. The van der Waals surface area contributed by atoms with Gasteiger partial charge in [-0.15, -0.1) is 0 Å². The van der Waals surface area contributed by atoms with Crippen molar-refractivity contribution in [3.63, 3.8) is 0 Å². The highest BCUT2D eigenvalue weighted by atomic mass is 16.4. The van der Waals surface area contributed by atoms with Crippen LogP contribution in [0.1, 0.15) is 24.6 Å². The zero-order valence-corrected chi connectivity index (χ0v) is 10.7. The second kappa shape index (κ2) is 4.50. The minimum Gasteiger partial charge on any atom is -0.481 e. The minimum absolute atomic E-state index is 0.0695. The van der Waals surface area contributed by atoms with Crippen LogP contribution in [0.3, 0.4) is 0 Å². The molecule has 1 aliphatic rings. The number of carbonyl (C=O) groups is 1. The lowest BCUT2D eigenvalue weighted by molar-refractivity contribution is -0.142. The van der Waals surface area contributed by atoms with Gasteiger partial charge in [-0.2, -0.15) is 0 Å². The average molecular weight is 257 g/mol. The lowest BCUT2D eigenvalue weighted by Crippen LogP contribution is -2.25. The molecule has 98 valence electrons. The van der Waals surface area contributed by atoms with Crippen LogP contribution in [-0.4, -0.2) is 25.6 Å². The first kappa shape index (κ1) is 11.9. The lowest BCUT2D eigenvalue weighted by atomic mass is 9.82. The summed E-state index contributed by atoms with van der Waals surface area (Å²) in [5.74, 6) is -0.382. The first-order valence-corrected chi connectivity index (χ1v) is 6.32. The zero-order chi connectivity index (χ0) is 13.4. The molecule has 0 bridgehead atoms. The number of rotatable bonds is 2. The Morgan fingerprint density at radius 2 is 2.21 bits per heavy atom. The number of aliphatic carboxylic acids is 1. The summed E-state index contributed by atoms with van der Waals surface area (Å²) in [6.07, 6.45) is 8.75. The van der Waals surface area contributed by atoms with Gasteiger partial charge in [0.05, 0.1) is 23.1 Å². The van der Waals surface area contributed by atoms with Crippen molar-refractivity contribution in [1.29, 1.82) is 0 Å². The number of pyridine rings is 1. The van der Waals surface area contributed by atoms with Crippen LogP contribution in [0.15, 0.2) is 30.6 Å².